The quantitative estimate of drug-likeness (QED) is 0.444. The number of halogens is 4. The summed E-state index contributed by atoms with van der Waals surface area (Å²) in [7, 11) is 1.91. The van der Waals surface area contributed by atoms with E-state index in [9.17, 15) is 18.0 Å². The molecular formula is C28H35ClF3N3O. The van der Waals surface area contributed by atoms with Crippen molar-refractivity contribution in [3.8, 4) is 0 Å². The molecule has 0 bridgehead atoms. The van der Waals surface area contributed by atoms with Gasteiger partial charge in [-0.05, 0) is 93.3 Å². The lowest BCUT2D eigenvalue weighted by atomic mass is 9.85. The number of hydrogen-bond donors (Lipinski definition) is 1. The summed E-state index contributed by atoms with van der Waals surface area (Å²) in [4.78, 5) is 17.3. The van der Waals surface area contributed by atoms with Crippen LogP contribution in [0.15, 0.2) is 42.5 Å². The second-order valence-corrected chi connectivity index (χ2v) is 10.8. The molecule has 0 aromatic heterocycles. The molecule has 2 fully saturated rings. The summed E-state index contributed by atoms with van der Waals surface area (Å²) in [6, 6.07) is 12.5. The molecule has 1 N–H and O–H groups in total. The van der Waals surface area contributed by atoms with Gasteiger partial charge in [-0.15, -0.1) is 0 Å². The van der Waals surface area contributed by atoms with Crippen LogP contribution < -0.4 is 10.2 Å². The highest BCUT2D eigenvalue weighted by Gasteiger charge is 2.33. The third-order valence-corrected chi connectivity index (χ3v) is 7.96. The number of carbonyl (C=O) groups is 1. The highest BCUT2D eigenvalue weighted by Crippen LogP contribution is 2.35. The van der Waals surface area contributed by atoms with Crippen LogP contribution in [0.5, 0.6) is 0 Å². The molecule has 0 radical (unpaired) electrons. The predicted molar refractivity (Wildman–Crippen MR) is 140 cm³/mol. The Kier molecular flexibility index (Phi) is 8.38. The van der Waals surface area contributed by atoms with E-state index in [2.05, 4.69) is 10.2 Å². The van der Waals surface area contributed by atoms with Crippen molar-refractivity contribution in [2.75, 3.05) is 36.9 Å². The highest BCUT2D eigenvalue weighted by molar-refractivity contribution is 6.30. The van der Waals surface area contributed by atoms with Crippen molar-refractivity contribution in [2.24, 2.45) is 11.8 Å². The molecule has 4 nitrogen and oxygen atoms in total. The topological polar surface area (TPSA) is 35.6 Å². The summed E-state index contributed by atoms with van der Waals surface area (Å²) in [6.07, 6.45) is 1.05. The van der Waals surface area contributed by atoms with E-state index < -0.39 is 11.7 Å². The molecule has 0 spiro atoms. The SMILES string of the molecule is Cc1ccc(NC2CCC(CN(C)C(=O)C3CCN(c4ccc(Cl)cc4)CC3)CC2)cc1C(F)(F)F. The summed E-state index contributed by atoms with van der Waals surface area (Å²) >= 11 is 5.99. The van der Waals surface area contributed by atoms with E-state index in [0.717, 1.165) is 68.9 Å². The van der Waals surface area contributed by atoms with Crippen molar-refractivity contribution in [3.63, 3.8) is 0 Å². The Morgan fingerprint density at radius 2 is 1.67 bits per heavy atom. The minimum atomic E-state index is -4.34. The van der Waals surface area contributed by atoms with Crippen LogP contribution in [0.4, 0.5) is 24.5 Å². The van der Waals surface area contributed by atoms with Gasteiger partial charge in [-0.3, -0.25) is 4.79 Å². The average Bonchev–Trinajstić information content (AvgIpc) is 2.86. The number of nitrogens with one attached hydrogen (secondary N) is 1. The molecular weight excluding hydrogens is 487 g/mol. The standard InChI is InChI=1S/C28H35ClF3N3O/c1-19-3-8-24(17-26(19)28(30,31)32)33-23-9-4-20(5-10-23)18-34(2)27(36)21-13-15-35(16-14-21)25-11-6-22(29)7-12-25/h3,6-8,11-12,17,20-21,23,33H,4-5,9-10,13-16,18H2,1-2H3. The van der Waals surface area contributed by atoms with Gasteiger partial charge in [0.2, 0.25) is 5.91 Å². The van der Waals surface area contributed by atoms with Crippen LogP contribution in [-0.2, 0) is 11.0 Å². The number of nitrogens with zero attached hydrogens (tertiary/aromatic N) is 2. The van der Waals surface area contributed by atoms with E-state index in [-0.39, 0.29) is 23.4 Å². The normalized spacial score (nSPS) is 21.3. The molecule has 1 aliphatic heterocycles. The van der Waals surface area contributed by atoms with E-state index in [1.807, 2.05) is 36.2 Å². The van der Waals surface area contributed by atoms with Gasteiger partial charge in [0, 0.05) is 55.0 Å². The number of hydrogen-bond acceptors (Lipinski definition) is 3. The fourth-order valence-electron chi connectivity index (χ4n) is 5.57. The van der Waals surface area contributed by atoms with E-state index >= 15 is 0 Å². The molecule has 2 aromatic carbocycles. The van der Waals surface area contributed by atoms with Gasteiger partial charge in [0.15, 0.2) is 0 Å². The number of alkyl halides is 3. The number of benzene rings is 2. The number of piperidine rings is 1. The van der Waals surface area contributed by atoms with Gasteiger partial charge in [-0.2, -0.15) is 13.2 Å². The molecule has 2 aromatic rings. The Hall–Kier alpha value is -2.41. The van der Waals surface area contributed by atoms with E-state index in [1.54, 1.807) is 6.07 Å². The zero-order valence-electron chi connectivity index (χ0n) is 21.0. The number of carbonyl (C=O) groups excluding carboxylic acids is 1. The molecule has 1 saturated carbocycles. The van der Waals surface area contributed by atoms with Crippen LogP contribution in [0.1, 0.15) is 49.7 Å². The first-order valence-corrected chi connectivity index (χ1v) is 13.2. The Morgan fingerprint density at radius 3 is 2.28 bits per heavy atom. The Morgan fingerprint density at radius 1 is 1.03 bits per heavy atom. The van der Waals surface area contributed by atoms with Crippen LogP contribution >= 0.6 is 11.6 Å². The average molecular weight is 522 g/mol. The van der Waals surface area contributed by atoms with Gasteiger partial charge in [-0.1, -0.05) is 17.7 Å². The van der Waals surface area contributed by atoms with Crippen molar-refractivity contribution in [2.45, 2.75) is 57.7 Å². The fraction of sp³-hybridized carbons (Fsp3) is 0.536. The molecule has 1 aliphatic carbocycles. The van der Waals surface area contributed by atoms with Gasteiger partial charge in [0.05, 0.1) is 5.56 Å². The zero-order valence-corrected chi connectivity index (χ0v) is 21.7. The number of aryl methyl sites for hydroxylation is 1. The number of amides is 1. The van der Waals surface area contributed by atoms with Gasteiger partial charge >= 0.3 is 6.18 Å². The monoisotopic (exact) mass is 521 g/mol. The van der Waals surface area contributed by atoms with E-state index in [1.165, 1.54) is 19.1 Å². The van der Waals surface area contributed by atoms with Gasteiger partial charge in [0.1, 0.15) is 0 Å². The molecule has 1 saturated heterocycles. The first-order chi connectivity index (χ1) is 17.1. The smallest absolute Gasteiger partial charge is 0.382 e. The zero-order chi connectivity index (χ0) is 25.9. The van der Waals surface area contributed by atoms with Crippen molar-refractivity contribution in [1.82, 2.24) is 4.90 Å². The Balaban J connectivity index is 1.21. The van der Waals surface area contributed by atoms with Gasteiger partial charge < -0.3 is 15.1 Å². The molecule has 196 valence electrons. The molecule has 8 heteroatoms. The summed E-state index contributed by atoms with van der Waals surface area (Å²) in [5.74, 6) is 0.709. The van der Waals surface area contributed by atoms with Crippen molar-refractivity contribution >= 4 is 28.9 Å². The molecule has 0 unspecified atom stereocenters. The maximum atomic E-state index is 13.2. The third kappa shape index (κ3) is 6.67. The van der Waals surface area contributed by atoms with Crippen LogP contribution in [0, 0.1) is 18.8 Å². The molecule has 4 rings (SSSR count). The summed E-state index contributed by atoms with van der Waals surface area (Å²) in [5, 5.41) is 4.02. The van der Waals surface area contributed by atoms with Crippen molar-refractivity contribution < 1.29 is 18.0 Å². The molecule has 1 heterocycles. The lowest BCUT2D eigenvalue weighted by molar-refractivity contribution is -0.138. The molecule has 36 heavy (non-hydrogen) atoms. The molecule has 2 aliphatic rings. The lowest BCUT2D eigenvalue weighted by Crippen LogP contribution is -2.43. The first-order valence-electron chi connectivity index (χ1n) is 12.8. The maximum absolute atomic E-state index is 13.2. The first kappa shape index (κ1) is 26.6. The van der Waals surface area contributed by atoms with Crippen LogP contribution in [0.25, 0.3) is 0 Å². The second kappa shape index (κ2) is 11.3. The third-order valence-electron chi connectivity index (χ3n) is 7.70. The summed E-state index contributed by atoms with van der Waals surface area (Å²) in [6.45, 7) is 3.94. The lowest BCUT2D eigenvalue weighted by Gasteiger charge is -2.36. The molecule has 0 atom stereocenters. The van der Waals surface area contributed by atoms with E-state index in [0.29, 0.717) is 11.6 Å². The Bertz CT molecular complexity index is 1030. The minimum Gasteiger partial charge on any atom is -0.382 e. The van der Waals surface area contributed by atoms with Crippen LogP contribution in [0.3, 0.4) is 0 Å². The highest BCUT2D eigenvalue weighted by atomic mass is 35.5. The fourth-order valence-corrected chi connectivity index (χ4v) is 5.69. The van der Waals surface area contributed by atoms with Crippen molar-refractivity contribution in [1.29, 1.82) is 0 Å². The van der Waals surface area contributed by atoms with Crippen LogP contribution in [-0.4, -0.2) is 43.5 Å². The van der Waals surface area contributed by atoms with Crippen molar-refractivity contribution in [3.05, 3.63) is 58.6 Å². The van der Waals surface area contributed by atoms with Crippen LogP contribution in [0.2, 0.25) is 5.02 Å². The van der Waals surface area contributed by atoms with Gasteiger partial charge in [0.25, 0.3) is 0 Å². The predicted octanol–water partition coefficient (Wildman–Crippen LogP) is 7.01. The summed E-state index contributed by atoms with van der Waals surface area (Å²) in [5.41, 5.74) is 1.32. The number of rotatable bonds is 6. The Labute approximate surface area is 216 Å². The maximum Gasteiger partial charge on any atom is 0.416 e. The molecule has 1 amide bonds. The second-order valence-electron chi connectivity index (χ2n) is 10.3. The largest absolute Gasteiger partial charge is 0.416 e. The van der Waals surface area contributed by atoms with E-state index in [4.69, 9.17) is 11.6 Å². The number of anilines is 2. The summed E-state index contributed by atoms with van der Waals surface area (Å²) < 4.78 is 39.7. The minimum absolute atomic E-state index is 0.0564. The van der Waals surface area contributed by atoms with Gasteiger partial charge in [-0.25, -0.2) is 0 Å².